The number of hydrogen-bond acceptors (Lipinski definition) is 3. The van der Waals surface area contributed by atoms with Gasteiger partial charge in [-0.3, -0.25) is 0 Å². The van der Waals surface area contributed by atoms with Crippen LogP contribution in [0.2, 0.25) is 0 Å². The van der Waals surface area contributed by atoms with Crippen LogP contribution in [-0.2, 0) is 0 Å². The summed E-state index contributed by atoms with van der Waals surface area (Å²) in [5, 5.41) is 9.86. The van der Waals surface area contributed by atoms with Crippen molar-refractivity contribution in [3.8, 4) is 11.8 Å². The molecule has 2 aromatic rings. The van der Waals surface area contributed by atoms with Gasteiger partial charge in [-0.15, -0.1) is 11.3 Å². The van der Waals surface area contributed by atoms with E-state index in [9.17, 15) is 0 Å². The van der Waals surface area contributed by atoms with Crippen LogP contribution in [0.3, 0.4) is 0 Å². The van der Waals surface area contributed by atoms with Crippen molar-refractivity contribution >= 4 is 37.4 Å². The number of thiophene rings is 1. The van der Waals surface area contributed by atoms with Gasteiger partial charge in [0.1, 0.15) is 5.75 Å². The van der Waals surface area contributed by atoms with E-state index in [-0.39, 0.29) is 0 Å². The van der Waals surface area contributed by atoms with Crippen LogP contribution in [-0.4, -0.2) is 7.11 Å². The number of ether oxygens (including phenoxy) is 1. The van der Waals surface area contributed by atoms with Gasteiger partial charge in [-0.25, -0.2) is 0 Å². The summed E-state index contributed by atoms with van der Waals surface area (Å²) in [5.41, 5.74) is 0.628. The van der Waals surface area contributed by atoms with E-state index < -0.39 is 0 Å². The van der Waals surface area contributed by atoms with Crippen molar-refractivity contribution in [2.24, 2.45) is 0 Å². The summed E-state index contributed by atoms with van der Waals surface area (Å²) in [5.74, 6) is 0.751. The lowest BCUT2D eigenvalue weighted by Gasteiger charge is -2.01. The van der Waals surface area contributed by atoms with Crippen molar-refractivity contribution in [3.05, 3.63) is 27.5 Å². The van der Waals surface area contributed by atoms with Gasteiger partial charge in [0, 0.05) is 10.1 Å². The summed E-state index contributed by atoms with van der Waals surface area (Å²) >= 11 is 5.01. The number of nitrogens with zero attached hydrogens (tertiary/aromatic N) is 1. The number of hydrogen-bond donors (Lipinski definition) is 0. The fraction of sp³-hybridized carbons (Fsp3) is 0.100. The Morgan fingerprint density at radius 2 is 2.21 bits per heavy atom. The highest BCUT2D eigenvalue weighted by Gasteiger charge is 2.07. The molecule has 1 aromatic heterocycles. The zero-order valence-corrected chi connectivity index (χ0v) is 9.78. The van der Waals surface area contributed by atoms with Crippen molar-refractivity contribution in [2.45, 2.75) is 0 Å². The molecular formula is C10H6BrNOS. The van der Waals surface area contributed by atoms with Crippen LogP contribution in [0.15, 0.2) is 22.0 Å². The maximum absolute atomic E-state index is 8.81. The second kappa shape index (κ2) is 3.60. The summed E-state index contributed by atoms with van der Waals surface area (Å²) in [6.07, 6.45) is 0. The van der Waals surface area contributed by atoms with Gasteiger partial charge in [0.25, 0.3) is 0 Å². The molecule has 0 saturated carbocycles. The molecule has 0 atom stereocenters. The molecule has 0 aliphatic heterocycles. The molecule has 0 aliphatic carbocycles. The Hall–Kier alpha value is -1.05. The molecule has 1 heterocycles. The highest BCUT2D eigenvalue weighted by Crippen LogP contribution is 2.36. The number of halogens is 1. The molecule has 4 heteroatoms. The van der Waals surface area contributed by atoms with Crippen LogP contribution in [0, 0.1) is 11.3 Å². The van der Waals surface area contributed by atoms with E-state index in [1.165, 1.54) is 0 Å². The Bertz CT molecular complexity index is 527. The average molecular weight is 268 g/mol. The monoisotopic (exact) mass is 267 g/mol. The summed E-state index contributed by atoms with van der Waals surface area (Å²) in [4.78, 5) is 0. The Morgan fingerprint density at radius 1 is 1.43 bits per heavy atom. The number of benzene rings is 1. The number of nitriles is 1. The third kappa shape index (κ3) is 1.49. The van der Waals surface area contributed by atoms with Crippen molar-refractivity contribution < 1.29 is 4.74 Å². The fourth-order valence-electron chi connectivity index (χ4n) is 1.31. The van der Waals surface area contributed by atoms with Gasteiger partial charge in [0.15, 0.2) is 0 Å². The van der Waals surface area contributed by atoms with E-state index in [2.05, 4.69) is 22.0 Å². The van der Waals surface area contributed by atoms with Gasteiger partial charge < -0.3 is 4.74 Å². The predicted molar refractivity (Wildman–Crippen MR) is 60.8 cm³/mol. The highest BCUT2D eigenvalue weighted by molar-refractivity contribution is 9.11. The van der Waals surface area contributed by atoms with Crippen LogP contribution in [0.25, 0.3) is 10.1 Å². The first-order valence-electron chi connectivity index (χ1n) is 3.92. The first kappa shape index (κ1) is 9.50. The van der Waals surface area contributed by atoms with E-state index in [1.807, 2.05) is 12.1 Å². The van der Waals surface area contributed by atoms with Crippen LogP contribution in [0.1, 0.15) is 5.56 Å². The molecular weight excluding hydrogens is 262 g/mol. The molecule has 2 rings (SSSR count). The SMILES string of the molecule is COc1cc(C#N)cc2sc(Br)cc12. The molecule has 0 unspecified atom stereocenters. The highest BCUT2D eigenvalue weighted by atomic mass is 79.9. The van der Waals surface area contributed by atoms with Crippen LogP contribution in [0.4, 0.5) is 0 Å². The topological polar surface area (TPSA) is 33.0 Å². The molecule has 0 fully saturated rings. The minimum absolute atomic E-state index is 0.628. The molecule has 14 heavy (non-hydrogen) atoms. The molecule has 0 saturated heterocycles. The molecule has 0 bridgehead atoms. The maximum atomic E-state index is 8.81. The minimum atomic E-state index is 0.628. The standard InChI is InChI=1S/C10H6BrNOS/c1-13-8-2-6(5-12)3-9-7(8)4-10(11)14-9/h2-4H,1H3. The molecule has 0 spiro atoms. The normalized spacial score (nSPS) is 10.1. The smallest absolute Gasteiger partial charge is 0.128 e. The zero-order chi connectivity index (χ0) is 10.1. The van der Waals surface area contributed by atoms with Gasteiger partial charge in [0.05, 0.1) is 22.5 Å². The van der Waals surface area contributed by atoms with Gasteiger partial charge in [0.2, 0.25) is 0 Å². The molecule has 0 aliphatic rings. The summed E-state index contributed by atoms with van der Waals surface area (Å²) in [7, 11) is 1.61. The molecule has 70 valence electrons. The van der Waals surface area contributed by atoms with E-state index in [0.717, 1.165) is 19.6 Å². The molecule has 1 aromatic carbocycles. The summed E-state index contributed by atoms with van der Waals surface area (Å²) < 4.78 is 7.32. The van der Waals surface area contributed by atoms with Gasteiger partial charge in [-0.2, -0.15) is 5.26 Å². The number of methoxy groups -OCH3 is 1. The first-order chi connectivity index (χ1) is 6.74. The second-order valence-electron chi connectivity index (χ2n) is 2.75. The second-order valence-corrected chi connectivity index (χ2v) is 5.22. The molecule has 0 radical (unpaired) electrons. The summed E-state index contributed by atoms with van der Waals surface area (Å²) in [6, 6.07) is 7.73. The average Bonchev–Trinajstić information content (AvgIpc) is 2.56. The van der Waals surface area contributed by atoms with Gasteiger partial charge in [-0.05, 0) is 34.1 Å². The molecule has 2 nitrogen and oxygen atoms in total. The molecule has 0 N–H and O–H groups in total. The zero-order valence-electron chi connectivity index (χ0n) is 7.37. The Balaban J connectivity index is 2.80. The van der Waals surface area contributed by atoms with Crippen LogP contribution >= 0.6 is 27.3 Å². The van der Waals surface area contributed by atoms with E-state index in [4.69, 9.17) is 10.00 Å². The van der Waals surface area contributed by atoms with Crippen molar-refractivity contribution in [2.75, 3.05) is 7.11 Å². The van der Waals surface area contributed by atoms with Crippen LogP contribution < -0.4 is 4.74 Å². The largest absolute Gasteiger partial charge is 0.496 e. The van der Waals surface area contributed by atoms with Gasteiger partial charge >= 0.3 is 0 Å². The Labute approximate surface area is 93.9 Å². The molecule has 0 amide bonds. The van der Waals surface area contributed by atoms with Crippen molar-refractivity contribution in [3.63, 3.8) is 0 Å². The lowest BCUT2D eigenvalue weighted by Crippen LogP contribution is -1.84. The lowest BCUT2D eigenvalue weighted by molar-refractivity contribution is 0.420. The van der Waals surface area contributed by atoms with E-state index >= 15 is 0 Å². The first-order valence-corrected chi connectivity index (χ1v) is 5.52. The lowest BCUT2D eigenvalue weighted by atomic mass is 10.2. The van der Waals surface area contributed by atoms with Gasteiger partial charge in [-0.1, -0.05) is 0 Å². The van der Waals surface area contributed by atoms with Crippen molar-refractivity contribution in [1.29, 1.82) is 5.26 Å². The maximum Gasteiger partial charge on any atom is 0.128 e. The quantitative estimate of drug-likeness (QED) is 0.792. The summed E-state index contributed by atoms with van der Waals surface area (Å²) in [6.45, 7) is 0. The minimum Gasteiger partial charge on any atom is -0.496 e. The van der Waals surface area contributed by atoms with Crippen molar-refractivity contribution in [1.82, 2.24) is 0 Å². The Kier molecular flexibility index (Phi) is 2.44. The number of fused-ring (bicyclic) bond motifs is 1. The Morgan fingerprint density at radius 3 is 2.86 bits per heavy atom. The third-order valence-corrected chi connectivity index (χ3v) is 3.50. The predicted octanol–water partition coefficient (Wildman–Crippen LogP) is 3.54. The third-order valence-electron chi connectivity index (χ3n) is 1.92. The number of rotatable bonds is 1. The van der Waals surface area contributed by atoms with E-state index in [0.29, 0.717) is 5.56 Å². The van der Waals surface area contributed by atoms with Crippen LogP contribution in [0.5, 0.6) is 5.75 Å². The fourth-order valence-corrected chi connectivity index (χ4v) is 2.90. The van der Waals surface area contributed by atoms with E-state index in [1.54, 1.807) is 24.5 Å².